The van der Waals surface area contributed by atoms with Crippen molar-refractivity contribution in [2.45, 2.75) is 0 Å². The Labute approximate surface area is 130 Å². The minimum Gasteiger partial charge on any atom is -0.496 e. The third-order valence-corrected chi connectivity index (χ3v) is 3.66. The SMILES string of the molecule is COc1ccc2ccccc2c1/C=N\n1c(=S)[nH][nH]c1=S. The first-order chi connectivity index (χ1) is 10.2. The zero-order chi connectivity index (χ0) is 14.8. The summed E-state index contributed by atoms with van der Waals surface area (Å²) in [6.45, 7) is 0. The summed E-state index contributed by atoms with van der Waals surface area (Å²) < 4.78 is 7.69. The molecule has 7 heteroatoms. The first-order valence-electron chi connectivity index (χ1n) is 6.20. The molecule has 3 rings (SSSR count). The quantitative estimate of drug-likeness (QED) is 0.573. The number of methoxy groups -OCH3 is 1. The Morgan fingerprint density at radius 3 is 2.52 bits per heavy atom. The molecule has 0 saturated carbocycles. The van der Waals surface area contributed by atoms with Crippen LogP contribution in [0.3, 0.4) is 0 Å². The van der Waals surface area contributed by atoms with Gasteiger partial charge in [0.25, 0.3) is 0 Å². The molecule has 0 aliphatic rings. The average molecular weight is 316 g/mol. The van der Waals surface area contributed by atoms with E-state index in [-0.39, 0.29) is 0 Å². The van der Waals surface area contributed by atoms with E-state index < -0.39 is 0 Å². The molecule has 0 atom stereocenters. The van der Waals surface area contributed by atoms with Crippen LogP contribution in [-0.4, -0.2) is 28.2 Å². The van der Waals surface area contributed by atoms with Gasteiger partial charge in [-0.05, 0) is 41.3 Å². The molecule has 3 aromatic rings. The predicted molar refractivity (Wildman–Crippen MR) is 88.3 cm³/mol. The van der Waals surface area contributed by atoms with E-state index in [2.05, 4.69) is 15.3 Å². The van der Waals surface area contributed by atoms with Gasteiger partial charge in [-0.3, -0.25) is 10.2 Å². The fraction of sp³-hybridized carbons (Fsp3) is 0.0714. The van der Waals surface area contributed by atoms with Gasteiger partial charge in [-0.25, -0.2) is 0 Å². The Morgan fingerprint density at radius 1 is 1.10 bits per heavy atom. The second kappa shape index (κ2) is 5.63. The van der Waals surface area contributed by atoms with E-state index >= 15 is 0 Å². The predicted octanol–water partition coefficient (Wildman–Crippen LogP) is 3.65. The van der Waals surface area contributed by atoms with Crippen molar-refractivity contribution in [3.63, 3.8) is 0 Å². The summed E-state index contributed by atoms with van der Waals surface area (Å²) in [5.74, 6) is 0.745. The Kier molecular flexibility index (Phi) is 3.68. The maximum atomic E-state index is 5.42. The molecule has 0 aliphatic carbocycles. The van der Waals surface area contributed by atoms with Crippen LogP contribution < -0.4 is 4.74 Å². The fourth-order valence-corrected chi connectivity index (χ4v) is 2.55. The second-order valence-electron chi connectivity index (χ2n) is 4.32. The minimum atomic E-state index is 0.412. The van der Waals surface area contributed by atoms with E-state index in [1.54, 1.807) is 13.3 Å². The minimum absolute atomic E-state index is 0.412. The first kappa shape index (κ1) is 13.7. The number of nitrogens with one attached hydrogen (secondary N) is 2. The molecule has 0 saturated heterocycles. The van der Waals surface area contributed by atoms with Crippen molar-refractivity contribution in [2.24, 2.45) is 5.10 Å². The maximum absolute atomic E-state index is 5.42. The van der Waals surface area contributed by atoms with Crippen molar-refractivity contribution in [3.05, 3.63) is 51.5 Å². The Hall–Kier alpha value is -2.25. The van der Waals surface area contributed by atoms with Crippen LogP contribution in [0.4, 0.5) is 0 Å². The summed E-state index contributed by atoms with van der Waals surface area (Å²) in [4.78, 5) is 0. The van der Waals surface area contributed by atoms with Crippen LogP contribution in [0.5, 0.6) is 5.75 Å². The van der Waals surface area contributed by atoms with Gasteiger partial charge in [0.15, 0.2) is 0 Å². The van der Waals surface area contributed by atoms with Crippen LogP contribution in [-0.2, 0) is 0 Å². The molecule has 0 unspecified atom stereocenters. The average Bonchev–Trinajstić information content (AvgIpc) is 2.83. The Morgan fingerprint density at radius 2 is 1.81 bits per heavy atom. The third-order valence-electron chi connectivity index (χ3n) is 3.11. The molecule has 5 nitrogen and oxygen atoms in total. The van der Waals surface area contributed by atoms with Gasteiger partial charge >= 0.3 is 0 Å². The number of nitrogens with zero attached hydrogens (tertiary/aromatic N) is 2. The highest BCUT2D eigenvalue weighted by molar-refractivity contribution is 7.72. The topological polar surface area (TPSA) is 58.1 Å². The molecule has 21 heavy (non-hydrogen) atoms. The van der Waals surface area contributed by atoms with Crippen LogP contribution >= 0.6 is 24.4 Å². The van der Waals surface area contributed by atoms with E-state index in [1.165, 1.54) is 4.68 Å². The Balaban J connectivity index is 2.20. The number of benzene rings is 2. The van der Waals surface area contributed by atoms with Crippen LogP contribution in [0.25, 0.3) is 10.8 Å². The number of ether oxygens (including phenoxy) is 1. The first-order valence-corrected chi connectivity index (χ1v) is 7.02. The van der Waals surface area contributed by atoms with Gasteiger partial charge < -0.3 is 4.74 Å². The van der Waals surface area contributed by atoms with Crippen molar-refractivity contribution in [2.75, 3.05) is 7.11 Å². The molecule has 0 radical (unpaired) electrons. The highest BCUT2D eigenvalue weighted by atomic mass is 32.1. The van der Waals surface area contributed by atoms with Crippen molar-refractivity contribution in [1.29, 1.82) is 0 Å². The van der Waals surface area contributed by atoms with Gasteiger partial charge in [-0.1, -0.05) is 30.3 Å². The largest absolute Gasteiger partial charge is 0.496 e. The zero-order valence-electron chi connectivity index (χ0n) is 11.2. The van der Waals surface area contributed by atoms with E-state index in [4.69, 9.17) is 29.2 Å². The monoisotopic (exact) mass is 316 g/mol. The molecule has 0 spiro atoms. The lowest BCUT2D eigenvalue weighted by Crippen LogP contribution is -1.95. The highest BCUT2D eigenvalue weighted by Crippen LogP contribution is 2.26. The fourth-order valence-electron chi connectivity index (χ4n) is 2.11. The molecule has 0 amide bonds. The Bertz CT molecular complexity index is 908. The molecule has 1 heterocycles. The van der Waals surface area contributed by atoms with Crippen molar-refractivity contribution >= 4 is 41.4 Å². The molecular weight excluding hydrogens is 304 g/mol. The molecule has 0 fully saturated rings. The molecule has 106 valence electrons. The van der Waals surface area contributed by atoms with Crippen LogP contribution in [0.15, 0.2) is 41.5 Å². The van der Waals surface area contributed by atoms with E-state index in [0.717, 1.165) is 22.1 Å². The molecule has 2 N–H and O–H groups in total. The standard InChI is InChI=1S/C14H12N4OS2/c1-19-12-7-6-9-4-2-3-5-10(9)11(12)8-15-18-13(20)16-17-14(18)21/h2-8H,1H3,(H,16,20)(H,17,21)/b15-8-. The van der Waals surface area contributed by atoms with Crippen LogP contribution in [0.1, 0.15) is 5.56 Å². The van der Waals surface area contributed by atoms with Crippen LogP contribution in [0, 0.1) is 9.54 Å². The summed E-state index contributed by atoms with van der Waals surface area (Å²) >= 11 is 10.2. The smallest absolute Gasteiger partial charge is 0.215 e. The highest BCUT2D eigenvalue weighted by Gasteiger charge is 2.06. The van der Waals surface area contributed by atoms with Gasteiger partial charge in [-0.15, -0.1) is 0 Å². The van der Waals surface area contributed by atoms with E-state index in [9.17, 15) is 0 Å². The number of H-pyrrole nitrogens is 2. The molecule has 2 aromatic carbocycles. The summed E-state index contributed by atoms with van der Waals surface area (Å²) in [5.41, 5.74) is 0.883. The van der Waals surface area contributed by atoms with Gasteiger partial charge in [0.2, 0.25) is 9.54 Å². The van der Waals surface area contributed by atoms with Crippen molar-refractivity contribution < 1.29 is 4.74 Å². The molecule has 0 aliphatic heterocycles. The van der Waals surface area contributed by atoms with Crippen LogP contribution in [0.2, 0.25) is 0 Å². The summed E-state index contributed by atoms with van der Waals surface area (Å²) in [7, 11) is 1.63. The lowest BCUT2D eigenvalue weighted by atomic mass is 10.0. The van der Waals surface area contributed by atoms with E-state index in [1.807, 2.05) is 36.4 Å². The third kappa shape index (κ3) is 2.53. The summed E-state index contributed by atoms with van der Waals surface area (Å²) in [6.07, 6.45) is 1.70. The number of rotatable bonds is 3. The van der Waals surface area contributed by atoms with Crippen molar-refractivity contribution in [1.82, 2.24) is 14.9 Å². The summed E-state index contributed by atoms with van der Waals surface area (Å²) in [5, 5.41) is 12.0. The lowest BCUT2D eigenvalue weighted by Gasteiger charge is -2.08. The molecule has 1 aromatic heterocycles. The zero-order valence-corrected chi connectivity index (χ0v) is 12.8. The van der Waals surface area contributed by atoms with Gasteiger partial charge in [0, 0.05) is 5.56 Å². The number of hydrogen-bond donors (Lipinski definition) is 2. The lowest BCUT2D eigenvalue weighted by molar-refractivity contribution is 0.415. The second-order valence-corrected chi connectivity index (χ2v) is 5.09. The summed E-state index contributed by atoms with van der Waals surface area (Å²) in [6, 6.07) is 12.0. The number of aromatic amines is 2. The number of aromatic nitrogens is 3. The number of hydrogen-bond acceptors (Lipinski definition) is 4. The molecule has 0 bridgehead atoms. The van der Waals surface area contributed by atoms with Crippen molar-refractivity contribution in [3.8, 4) is 5.75 Å². The normalized spacial score (nSPS) is 11.3. The van der Waals surface area contributed by atoms with Gasteiger partial charge in [0.1, 0.15) is 5.75 Å². The molecular formula is C14H12N4OS2. The van der Waals surface area contributed by atoms with E-state index in [0.29, 0.717) is 9.54 Å². The maximum Gasteiger partial charge on any atom is 0.215 e. The number of fused-ring (bicyclic) bond motifs is 1. The van der Waals surface area contributed by atoms with Gasteiger partial charge in [-0.2, -0.15) is 9.78 Å². The van der Waals surface area contributed by atoms with Gasteiger partial charge in [0.05, 0.1) is 13.3 Å².